The summed E-state index contributed by atoms with van der Waals surface area (Å²) in [5, 5.41) is 3.68. The predicted molar refractivity (Wildman–Crippen MR) is 124 cm³/mol. The van der Waals surface area contributed by atoms with Gasteiger partial charge in [-0.1, -0.05) is 66.7 Å². The van der Waals surface area contributed by atoms with E-state index in [0.29, 0.717) is 36.5 Å². The van der Waals surface area contributed by atoms with Crippen LogP contribution in [0.4, 0.5) is 0 Å². The van der Waals surface area contributed by atoms with E-state index in [2.05, 4.69) is 23.2 Å². The van der Waals surface area contributed by atoms with Gasteiger partial charge in [0.1, 0.15) is 11.6 Å². The first-order valence-electron chi connectivity index (χ1n) is 10.2. The Bertz CT molecular complexity index is 1420. The maximum Gasteiger partial charge on any atom is 0.265 e. The van der Waals surface area contributed by atoms with Crippen LogP contribution < -0.4 is 4.74 Å². The number of amidine groups is 1. The minimum Gasteiger partial charge on any atom is -0.496 e. The first-order valence-corrected chi connectivity index (χ1v) is 11.6. The van der Waals surface area contributed by atoms with E-state index in [-0.39, 0.29) is 4.90 Å². The zero-order chi connectivity index (χ0) is 21.4. The molecule has 6 heteroatoms. The third kappa shape index (κ3) is 3.33. The highest BCUT2D eigenvalue weighted by Crippen LogP contribution is 2.33. The second-order valence-electron chi connectivity index (χ2n) is 7.50. The van der Waals surface area contributed by atoms with Crippen LogP contribution in [-0.4, -0.2) is 38.8 Å². The molecular formula is C25H22N2O3S. The lowest BCUT2D eigenvalue weighted by atomic mass is 10.0. The summed E-state index contributed by atoms with van der Waals surface area (Å²) in [6.07, 6.45) is 0.467. The Labute approximate surface area is 181 Å². The highest BCUT2D eigenvalue weighted by atomic mass is 32.2. The summed E-state index contributed by atoms with van der Waals surface area (Å²) in [6, 6.07) is 25.0. The van der Waals surface area contributed by atoms with Crippen molar-refractivity contribution in [3.05, 3.63) is 84.4 Å². The standard InChI is InChI=1S/C25H22N2O3S/c1-30-23-13-14-24(22-12-5-4-11-21(22)23)31(28,29)27-16-15-26-25(27)17-19-9-6-8-18-7-2-3-10-20(18)19/h2-14H,15-17H2,1H3. The Balaban J connectivity index is 1.56. The summed E-state index contributed by atoms with van der Waals surface area (Å²) in [5.41, 5.74) is 1.07. The summed E-state index contributed by atoms with van der Waals surface area (Å²) in [6.45, 7) is 0.816. The maximum atomic E-state index is 13.7. The van der Waals surface area contributed by atoms with Crippen LogP contribution in [0.15, 0.2) is 88.8 Å². The van der Waals surface area contributed by atoms with Gasteiger partial charge in [-0.25, -0.2) is 8.42 Å². The molecule has 0 aromatic heterocycles. The van der Waals surface area contributed by atoms with Gasteiger partial charge < -0.3 is 4.74 Å². The molecule has 1 heterocycles. The topological polar surface area (TPSA) is 59.0 Å². The lowest BCUT2D eigenvalue weighted by Gasteiger charge is -2.22. The largest absolute Gasteiger partial charge is 0.496 e. The van der Waals surface area contributed by atoms with E-state index in [1.165, 1.54) is 4.31 Å². The van der Waals surface area contributed by atoms with Gasteiger partial charge in [0.05, 0.1) is 25.1 Å². The number of hydrogen-bond acceptors (Lipinski definition) is 4. The van der Waals surface area contributed by atoms with Crippen LogP contribution in [0.2, 0.25) is 0 Å². The van der Waals surface area contributed by atoms with E-state index in [0.717, 1.165) is 21.7 Å². The van der Waals surface area contributed by atoms with Crippen LogP contribution in [-0.2, 0) is 16.4 Å². The average molecular weight is 431 g/mol. The van der Waals surface area contributed by atoms with Crippen LogP contribution in [0, 0.1) is 0 Å². The van der Waals surface area contributed by atoms with Crippen LogP contribution in [0.5, 0.6) is 5.75 Å². The molecule has 0 saturated carbocycles. The minimum atomic E-state index is -3.77. The van der Waals surface area contributed by atoms with Crippen molar-refractivity contribution in [2.45, 2.75) is 11.3 Å². The van der Waals surface area contributed by atoms with Crippen molar-refractivity contribution < 1.29 is 13.2 Å². The molecule has 5 rings (SSSR count). The SMILES string of the molecule is COc1ccc(S(=O)(=O)N2CCN=C2Cc2cccc3ccccc23)c2ccccc12. The van der Waals surface area contributed by atoms with Gasteiger partial charge in [0.15, 0.2) is 0 Å². The molecule has 0 aliphatic carbocycles. The van der Waals surface area contributed by atoms with Crippen molar-refractivity contribution in [2.24, 2.45) is 4.99 Å². The number of nitrogens with zero attached hydrogens (tertiary/aromatic N) is 2. The molecule has 4 aromatic carbocycles. The lowest BCUT2D eigenvalue weighted by molar-refractivity contribution is 0.419. The first-order chi connectivity index (χ1) is 15.1. The van der Waals surface area contributed by atoms with Crippen molar-refractivity contribution >= 4 is 37.4 Å². The van der Waals surface area contributed by atoms with E-state index in [1.807, 2.05) is 48.5 Å². The molecule has 0 amide bonds. The van der Waals surface area contributed by atoms with Crippen LogP contribution >= 0.6 is 0 Å². The highest BCUT2D eigenvalue weighted by molar-refractivity contribution is 7.90. The van der Waals surface area contributed by atoms with Crippen LogP contribution in [0.25, 0.3) is 21.5 Å². The van der Waals surface area contributed by atoms with Crippen molar-refractivity contribution in [1.29, 1.82) is 0 Å². The fraction of sp³-hybridized carbons (Fsp3) is 0.160. The molecule has 0 spiro atoms. The number of rotatable bonds is 5. The molecule has 0 unspecified atom stereocenters. The third-order valence-electron chi connectivity index (χ3n) is 5.75. The van der Waals surface area contributed by atoms with Gasteiger partial charge in [-0.3, -0.25) is 9.30 Å². The number of methoxy groups -OCH3 is 1. The van der Waals surface area contributed by atoms with Gasteiger partial charge in [0, 0.05) is 17.2 Å². The van der Waals surface area contributed by atoms with E-state index >= 15 is 0 Å². The van der Waals surface area contributed by atoms with Crippen LogP contribution in [0.1, 0.15) is 5.56 Å². The monoisotopic (exact) mass is 430 g/mol. The summed E-state index contributed by atoms with van der Waals surface area (Å²) in [5.74, 6) is 1.23. The maximum absolute atomic E-state index is 13.7. The molecular weight excluding hydrogens is 408 g/mol. The molecule has 0 atom stereocenters. The fourth-order valence-corrected chi connectivity index (χ4v) is 5.92. The Morgan fingerprint density at radius 3 is 2.39 bits per heavy atom. The Morgan fingerprint density at radius 1 is 0.871 bits per heavy atom. The quantitative estimate of drug-likeness (QED) is 0.463. The molecule has 1 aliphatic rings. The lowest BCUT2D eigenvalue weighted by Crippen LogP contribution is -2.35. The molecule has 0 saturated heterocycles. The van der Waals surface area contributed by atoms with Gasteiger partial charge in [0.2, 0.25) is 0 Å². The fourth-order valence-electron chi connectivity index (χ4n) is 4.26. The average Bonchev–Trinajstić information content (AvgIpc) is 3.27. The number of fused-ring (bicyclic) bond motifs is 2. The number of aliphatic imine (C=N–C) groups is 1. The first kappa shape index (κ1) is 19.6. The Morgan fingerprint density at radius 2 is 1.58 bits per heavy atom. The summed E-state index contributed by atoms with van der Waals surface area (Å²) in [4.78, 5) is 4.84. The molecule has 31 heavy (non-hydrogen) atoms. The molecule has 156 valence electrons. The van der Waals surface area contributed by atoms with Crippen molar-refractivity contribution in [3.63, 3.8) is 0 Å². The zero-order valence-corrected chi connectivity index (χ0v) is 18.0. The van der Waals surface area contributed by atoms with Gasteiger partial charge in [-0.15, -0.1) is 0 Å². The molecule has 0 bridgehead atoms. The second kappa shape index (κ2) is 7.71. The predicted octanol–water partition coefficient (Wildman–Crippen LogP) is 4.65. The van der Waals surface area contributed by atoms with E-state index < -0.39 is 10.0 Å². The number of hydrogen-bond donors (Lipinski definition) is 0. The molecule has 1 aliphatic heterocycles. The normalized spacial score (nSPS) is 14.2. The Kier molecular flexibility index (Phi) is 4.87. The third-order valence-corrected chi connectivity index (χ3v) is 7.63. The second-order valence-corrected chi connectivity index (χ2v) is 9.33. The molecule has 5 nitrogen and oxygen atoms in total. The molecule has 0 radical (unpaired) electrons. The smallest absolute Gasteiger partial charge is 0.265 e. The van der Waals surface area contributed by atoms with E-state index in [4.69, 9.17) is 4.74 Å². The highest BCUT2D eigenvalue weighted by Gasteiger charge is 2.32. The van der Waals surface area contributed by atoms with E-state index in [9.17, 15) is 8.42 Å². The number of benzene rings is 4. The Hall–Kier alpha value is -3.38. The van der Waals surface area contributed by atoms with Crippen molar-refractivity contribution in [1.82, 2.24) is 4.31 Å². The molecule has 0 N–H and O–H groups in total. The van der Waals surface area contributed by atoms with Crippen molar-refractivity contribution in [2.75, 3.05) is 20.2 Å². The number of sulfonamides is 1. The molecule has 0 fully saturated rings. The zero-order valence-electron chi connectivity index (χ0n) is 17.2. The van der Waals surface area contributed by atoms with Gasteiger partial charge in [-0.2, -0.15) is 0 Å². The minimum absolute atomic E-state index is 0.274. The number of ether oxygens (including phenoxy) is 1. The van der Waals surface area contributed by atoms with Gasteiger partial charge >= 0.3 is 0 Å². The molecule has 4 aromatic rings. The summed E-state index contributed by atoms with van der Waals surface area (Å²) in [7, 11) is -2.18. The van der Waals surface area contributed by atoms with Gasteiger partial charge in [0.25, 0.3) is 10.0 Å². The summed E-state index contributed by atoms with van der Waals surface area (Å²) < 4.78 is 34.3. The van der Waals surface area contributed by atoms with Gasteiger partial charge in [-0.05, 0) is 28.5 Å². The van der Waals surface area contributed by atoms with Crippen LogP contribution in [0.3, 0.4) is 0 Å². The van der Waals surface area contributed by atoms with E-state index in [1.54, 1.807) is 19.2 Å². The summed E-state index contributed by atoms with van der Waals surface area (Å²) >= 11 is 0. The van der Waals surface area contributed by atoms with Crippen molar-refractivity contribution in [3.8, 4) is 5.75 Å².